The first-order chi connectivity index (χ1) is 10.3. The molecule has 21 heavy (non-hydrogen) atoms. The van der Waals surface area contributed by atoms with Crippen LogP contribution in [0.15, 0.2) is 22.8 Å². The number of nitrogens with zero attached hydrogens (tertiary/aromatic N) is 1. The molecule has 0 bridgehead atoms. The van der Waals surface area contributed by atoms with Crippen LogP contribution in [0.4, 0.5) is 4.79 Å². The van der Waals surface area contributed by atoms with Crippen LogP contribution in [-0.2, 0) is 11.3 Å². The number of carbonyl (C=O) groups excluding carboxylic acids is 1. The van der Waals surface area contributed by atoms with Gasteiger partial charge in [0.25, 0.3) is 0 Å². The van der Waals surface area contributed by atoms with Crippen molar-refractivity contribution in [2.45, 2.75) is 51.2 Å². The Labute approximate surface area is 126 Å². The van der Waals surface area contributed by atoms with E-state index in [0.29, 0.717) is 19.2 Å². The van der Waals surface area contributed by atoms with Crippen LogP contribution < -0.4 is 5.32 Å². The Balaban J connectivity index is 1.52. The van der Waals surface area contributed by atoms with Gasteiger partial charge in [0.05, 0.1) is 18.9 Å². The highest BCUT2D eigenvalue weighted by molar-refractivity contribution is 5.73. The summed E-state index contributed by atoms with van der Waals surface area (Å²) in [5.74, 6) is 0.785. The minimum absolute atomic E-state index is 0.0796. The van der Waals surface area contributed by atoms with Gasteiger partial charge in [0.15, 0.2) is 0 Å². The van der Waals surface area contributed by atoms with Gasteiger partial charge in [-0.05, 0) is 31.4 Å². The Kier molecular flexibility index (Phi) is 6.60. The molecule has 0 saturated heterocycles. The van der Waals surface area contributed by atoms with Crippen molar-refractivity contribution in [2.75, 3.05) is 20.2 Å². The Morgan fingerprint density at radius 2 is 2.24 bits per heavy atom. The number of nitrogens with one attached hydrogen (secondary N) is 1. The van der Waals surface area contributed by atoms with E-state index in [1.54, 1.807) is 18.2 Å². The lowest BCUT2D eigenvalue weighted by Gasteiger charge is -2.22. The third-order valence-corrected chi connectivity index (χ3v) is 3.82. The van der Waals surface area contributed by atoms with Crippen LogP contribution in [0.3, 0.4) is 0 Å². The normalized spacial score (nSPS) is 15.9. The molecular weight excluding hydrogens is 268 g/mol. The summed E-state index contributed by atoms with van der Waals surface area (Å²) in [6, 6.07) is 3.61. The Hall–Kier alpha value is -1.49. The minimum Gasteiger partial charge on any atom is -0.467 e. The van der Waals surface area contributed by atoms with Crippen molar-refractivity contribution in [3.63, 3.8) is 0 Å². The Morgan fingerprint density at radius 1 is 1.43 bits per heavy atom. The summed E-state index contributed by atoms with van der Waals surface area (Å²) in [6.45, 7) is 1.86. The lowest BCUT2D eigenvalue weighted by Crippen LogP contribution is -2.37. The molecule has 1 aliphatic carbocycles. The van der Waals surface area contributed by atoms with E-state index in [4.69, 9.17) is 9.15 Å². The van der Waals surface area contributed by atoms with E-state index in [0.717, 1.165) is 18.8 Å². The summed E-state index contributed by atoms with van der Waals surface area (Å²) in [4.78, 5) is 13.5. The first-order valence-corrected chi connectivity index (χ1v) is 7.88. The number of hydrogen-bond donors (Lipinski definition) is 1. The fourth-order valence-corrected chi connectivity index (χ4v) is 2.59. The predicted octanol–water partition coefficient (Wildman–Crippen LogP) is 3.16. The van der Waals surface area contributed by atoms with Crippen LogP contribution >= 0.6 is 0 Å². The van der Waals surface area contributed by atoms with Crippen molar-refractivity contribution in [3.8, 4) is 0 Å². The van der Waals surface area contributed by atoms with E-state index < -0.39 is 0 Å². The first-order valence-electron chi connectivity index (χ1n) is 7.88. The third-order valence-electron chi connectivity index (χ3n) is 3.82. The van der Waals surface area contributed by atoms with Crippen LogP contribution in [0.2, 0.25) is 0 Å². The van der Waals surface area contributed by atoms with Gasteiger partial charge in [0.2, 0.25) is 0 Å². The summed E-state index contributed by atoms with van der Waals surface area (Å²) >= 11 is 0. The zero-order valence-electron chi connectivity index (χ0n) is 12.8. The molecule has 1 aromatic rings. The molecule has 2 amide bonds. The molecule has 0 radical (unpaired) electrons. The SMILES string of the molecule is CN(Cc1ccco1)C(=O)NCCCOC1CCCCC1. The topological polar surface area (TPSA) is 54.7 Å². The first kappa shape index (κ1) is 15.9. The highest BCUT2D eigenvalue weighted by Gasteiger charge is 2.13. The van der Waals surface area contributed by atoms with Crippen LogP contribution in [0, 0.1) is 0 Å². The molecule has 0 aromatic carbocycles. The fraction of sp³-hybridized carbons (Fsp3) is 0.688. The molecule has 1 heterocycles. The molecule has 1 saturated carbocycles. The van der Waals surface area contributed by atoms with Gasteiger partial charge in [0, 0.05) is 20.2 Å². The fourth-order valence-electron chi connectivity index (χ4n) is 2.59. The van der Waals surface area contributed by atoms with Crippen molar-refractivity contribution < 1.29 is 13.9 Å². The van der Waals surface area contributed by atoms with Crippen molar-refractivity contribution >= 4 is 6.03 Å². The molecule has 5 heteroatoms. The van der Waals surface area contributed by atoms with Gasteiger partial charge in [-0.2, -0.15) is 0 Å². The molecule has 118 valence electrons. The molecule has 1 fully saturated rings. The molecule has 1 N–H and O–H groups in total. The number of rotatable bonds is 7. The average molecular weight is 294 g/mol. The maximum Gasteiger partial charge on any atom is 0.317 e. The second-order valence-corrected chi connectivity index (χ2v) is 5.65. The summed E-state index contributed by atoms with van der Waals surface area (Å²) in [6.07, 6.45) is 9.23. The van der Waals surface area contributed by atoms with E-state index in [1.165, 1.54) is 32.1 Å². The maximum atomic E-state index is 11.9. The van der Waals surface area contributed by atoms with Crippen molar-refractivity contribution in [1.82, 2.24) is 10.2 Å². The maximum absolute atomic E-state index is 11.9. The predicted molar refractivity (Wildman–Crippen MR) is 81.0 cm³/mol. The molecule has 0 atom stereocenters. The largest absolute Gasteiger partial charge is 0.467 e. The number of amides is 2. The van der Waals surface area contributed by atoms with E-state index in [-0.39, 0.29) is 6.03 Å². The van der Waals surface area contributed by atoms with Gasteiger partial charge in [0.1, 0.15) is 5.76 Å². The molecular formula is C16H26N2O3. The molecule has 0 spiro atoms. The lowest BCUT2D eigenvalue weighted by molar-refractivity contribution is 0.0274. The average Bonchev–Trinajstić information content (AvgIpc) is 3.00. The van der Waals surface area contributed by atoms with Gasteiger partial charge in [-0.3, -0.25) is 0 Å². The van der Waals surface area contributed by atoms with Gasteiger partial charge in [-0.15, -0.1) is 0 Å². The monoisotopic (exact) mass is 294 g/mol. The van der Waals surface area contributed by atoms with E-state index in [1.807, 2.05) is 12.1 Å². The van der Waals surface area contributed by atoms with E-state index in [2.05, 4.69) is 5.32 Å². The third kappa shape index (κ3) is 5.79. The zero-order valence-corrected chi connectivity index (χ0v) is 12.8. The summed E-state index contributed by atoms with van der Waals surface area (Å²) < 4.78 is 11.1. The molecule has 2 rings (SSSR count). The van der Waals surface area contributed by atoms with Gasteiger partial charge < -0.3 is 19.4 Å². The van der Waals surface area contributed by atoms with Crippen LogP contribution in [-0.4, -0.2) is 37.2 Å². The van der Waals surface area contributed by atoms with Gasteiger partial charge in [-0.1, -0.05) is 19.3 Å². The number of urea groups is 1. The number of furan rings is 1. The smallest absolute Gasteiger partial charge is 0.317 e. The molecule has 5 nitrogen and oxygen atoms in total. The van der Waals surface area contributed by atoms with Gasteiger partial charge in [-0.25, -0.2) is 4.79 Å². The number of carbonyl (C=O) groups is 1. The molecule has 1 aliphatic rings. The molecule has 0 unspecified atom stereocenters. The second kappa shape index (κ2) is 8.72. The van der Waals surface area contributed by atoms with Crippen LogP contribution in [0.1, 0.15) is 44.3 Å². The summed E-state index contributed by atoms with van der Waals surface area (Å²) in [7, 11) is 1.76. The van der Waals surface area contributed by atoms with Crippen molar-refractivity contribution in [2.24, 2.45) is 0 Å². The summed E-state index contributed by atoms with van der Waals surface area (Å²) in [5, 5.41) is 2.90. The number of ether oxygens (including phenoxy) is 1. The van der Waals surface area contributed by atoms with E-state index >= 15 is 0 Å². The zero-order chi connectivity index (χ0) is 14.9. The number of hydrogen-bond acceptors (Lipinski definition) is 3. The minimum atomic E-state index is -0.0796. The quantitative estimate of drug-likeness (QED) is 0.786. The van der Waals surface area contributed by atoms with Crippen molar-refractivity contribution in [3.05, 3.63) is 24.2 Å². The molecule has 0 aliphatic heterocycles. The van der Waals surface area contributed by atoms with Crippen LogP contribution in [0.5, 0.6) is 0 Å². The Morgan fingerprint density at radius 3 is 2.95 bits per heavy atom. The Bertz CT molecular complexity index is 400. The highest BCUT2D eigenvalue weighted by atomic mass is 16.5. The van der Waals surface area contributed by atoms with E-state index in [9.17, 15) is 4.79 Å². The summed E-state index contributed by atoms with van der Waals surface area (Å²) in [5.41, 5.74) is 0. The standard InChI is InChI=1S/C16H26N2O3/c1-18(13-15-9-5-11-21-15)16(19)17-10-6-12-20-14-7-3-2-4-8-14/h5,9,11,14H,2-4,6-8,10,12-13H2,1H3,(H,17,19). The lowest BCUT2D eigenvalue weighted by atomic mass is 9.98. The van der Waals surface area contributed by atoms with Gasteiger partial charge >= 0.3 is 6.03 Å². The van der Waals surface area contributed by atoms with Crippen molar-refractivity contribution in [1.29, 1.82) is 0 Å². The molecule has 1 aromatic heterocycles. The highest BCUT2D eigenvalue weighted by Crippen LogP contribution is 2.20. The second-order valence-electron chi connectivity index (χ2n) is 5.65. The van der Waals surface area contributed by atoms with Crippen LogP contribution in [0.25, 0.3) is 0 Å².